The molecule has 0 radical (unpaired) electrons. The first kappa shape index (κ1) is 30.3. The molecule has 3 heterocycles. The Kier molecular flexibility index (Phi) is 7.13. The third-order valence-electron chi connectivity index (χ3n) is 9.47. The second-order valence-electron chi connectivity index (χ2n) is 12.2. The lowest BCUT2D eigenvalue weighted by atomic mass is 10.1. The number of ether oxygens (including phenoxy) is 4. The minimum Gasteiger partial charge on any atom is -0.497 e. The summed E-state index contributed by atoms with van der Waals surface area (Å²) in [7, 11) is 6.73. The summed E-state index contributed by atoms with van der Waals surface area (Å²) in [6, 6.07) is 40.7. The maximum atomic E-state index is 6.36. The first-order valence-corrected chi connectivity index (χ1v) is 16.4. The Morgan fingerprint density at radius 2 is 0.784 bits per heavy atom. The fourth-order valence-electron chi connectivity index (χ4n) is 7.04. The van der Waals surface area contributed by atoms with Crippen LogP contribution in [0.5, 0.6) is 23.0 Å². The molecule has 9 rings (SSSR count). The van der Waals surface area contributed by atoms with E-state index in [0.717, 1.165) is 89.1 Å². The maximum absolute atomic E-state index is 6.36. The summed E-state index contributed by atoms with van der Waals surface area (Å²) in [6.07, 6.45) is 0. The molecule has 9 nitrogen and oxygen atoms in total. The number of benzene rings is 6. The topological polar surface area (TPSA) is 85.7 Å². The number of hydrogen-bond donors (Lipinski definition) is 0. The predicted octanol–water partition coefficient (Wildman–Crippen LogP) is 9.63. The van der Waals surface area contributed by atoms with Crippen LogP contribution in [-0.4, -0.2) is 47.8 Å². The van der Waals surface area contributed by atoms with Crippen LogP contribution in [-0.2, 0) is 0 Å². The van der Waals surface area contributed by atoms with E-state index in [9.17, 15) is 0 Å². The van der Waals surface area contributed by atoms with E-state index in [4.69, 9.17) is 23.4 Å². The van der Waals surface area contributed by atoms with Gasteiger partial charge < -0.3 is 32.5 Å². The lowest BCUT2D eigenvalue weighted by Gasteiger charge is -2.15. The van der Waals surface area contributed by atoms with Gasteiger partial charge in [-0.05, 0) is 103 Å². The minimum absolute atomic E-state index is 0.408. The van der Waals surface area contributed by atoms with Crippen molar-refractivity contribution >= 4 is 43.6 Å². The van der Waals surface area contributed by atoms with Crippen molar-refractivity contribution in [3.8, 4) is 57.3 Å². The van der Waals surface area contributed by atoms with E-state index in [1.54, 1.807) is 28.4 Å². The van der Waals surface area contributed by atoms with Crippen molar-refractivity contribution in [2.45, 2.75) is 0 Å². The lowest BCUT2D eigenvalue weighted by molar-refractivity contribution is 0.415. The minimum atomic E-state index is 0.408. The van der Waals surface area contributed by atoms with Gasteiger partial charge in [0.2, 0.25) is 11.8 Å². The average Bonchev–Trinajstić information content (AvgIpc) is 3.90. The zero-order valence-corrected chi connectivity index (χ0v) is 28.4. The molecule has 9 heteroatoms. The van der Waals surface area contributed by atoms with Gasteiger partial charge in [-0.3, -0.25) is 0 Å². The molecule has 0 unspecified atom stereocenters. The van der Waals surface area contributed by atoms with E-state index in [1.807, 2.05) is 54.6 Å². The summed E-state index contributed by atoms with van der Waals surface area (Å²) in [5.74, 6) is 3.95. The molecule has 0 aliphatic carbocycles. The molecule has 51 heavy (non-hydrogen) atoms. The Bertz CT molecular complexity index is 2490. The molecule has 0 aliphatic heterocycles. The monoisotopic (exact) mass is 672 g/mol. The molecule has 0 spiro atoms. The first-order chi connectivity index (χ1) is 25.1. The van der Waals surface area contributed by atoms with Gasteiger partial charge in [-0.1, -0.05) is 18.2 Å². The fraction of sp³-hybridized carbons (Fsp3) is 0.0952. The molecule has 9 aromatic rings. The van der Waals surface area contributed by atoms with Gasteiger partial charge in [0.05, 0.1) is 50.5 Å². The lowest BCUT2D eigenvalue weighted by Crippen LogP contribution is -2.00. The van der Waals surface area contributed by atoms with Crippen LogP contribution in [0.2, 0.25) is 0 Å². The highest BCUT2D eigenvalue weighted by atomic mass is 16.5. The Morgan fingerprint density at radius 1 is 0.412 bits per heavy atom. The van der Waals surface area contributed by atoms with Crippen molar-refractivity contribution in [1.29, 1.82) is 0 Å². The molecule has 0 atom stereocenters. The van der Waals surface area contributed by atoms with Crippen LogP contribution in [0.15, 0.2) is 126 Å². The zero-order valence-electron chi connectivity index (χ0n) is 28.4. The summed E-state index contributed by atoms with van der Waals surface area (Å²) < 4.78 is 33.5. The quantitative estimate of drug-likeness (QED) is 0.159. The summed E-state index contributed by atoms with van der Waals surface area (Å²) in [5.41, 5.74) is 7.48. The van der Waals surface area contributed by atoms with Crippen molar-refractivity contribution in [2.75, 3.05) is 28.4 Å². The number of nitrogens with zero attached hydrogens (tertiary/aromatic N) is 4. The summed E-state index contributed by atoms with van der Waals surface area (Å²) in [4.78, 5) is 0. The Morgan fingerprint density at radius 3 is 1.16 bits per heavy atom. The van der Waals surface area contributed by atoms with Crippen LogP contribution >= 0.6 is 0 Å². The third kappa shape index (κ3) is 4.93. The number of aromatic nitrogens is 4. The molecule has 3 aromatic heterocycles. The fourth-order valence-corrected chi connectivity index (χ4v) is 7.04. The molecule has 0 saturated heterocycles. The van der Waals surface area contributed by atoms with Gasteiger partial charge in [0.1, 0.15) is 23.0 Å². The second kappa shape index (κ2) is 12.0. The normalized spacial score (nSPS) is 11.5. The number of fused-ring (bicyclic) bond motifs is 6. The summed E-state index contributed by atoms with van der Waals surface area (Å²) in [5, 5.41) is 13.1. The average molecular weight is 673 g/mol. The second-order valence-corrected chi connectivity index (χ2v) is 12.2. The summed E-state index contributed by atoms with van der Waals surface area (Å²) in [6.45, 7) is 0. The van der Waals surface area contributed by atoms with Crippen LogP contribution in [0.1, 0.15) is 0 Å². The standard InChI is InChI=1S/C42H32N4O5/c1-47-29-10-14-37-33(21-29)34-22-30(48-2)11-15-38(34)45(37)27-18-26(42-44-43-41(51-42)25-8-6-5-7-9-25)19-28(20-27)46-39-16-12-31(49-3)23-35(39)36-24-32(50-4)13-17-40(36)46/h5-24H,1-4H3. The van der Waals surface area contributed by atoms with Crippen LogP contribution in [0, 0.1) is 0 Å². The van der Waals surface area contributed by atoms with E-state index in [0.29, 0.717) is 11.8 Å². The smallest absolute Gasteiger partial charge is 0.248 e. The Balaban J connectivity index is 1.36. The van der Waals surface area contributed by atoms with Crippen molar-refractivity contribution in [1.82, 2.24) is 19.3 Å². The molecule has 0 amide bonds. The van der Waals surface area contributed by atoms with Crippen LogP contribution in [0.3, 0.4) is 0 Å². The van der Waals surface area contributed by atoms with Crippen molar-refractivity contribution in [3.63, 3.8) is 0 Å². The SMILES string of the molecule is COc1ccc2c(c1)c1cc(OC)ccc1n2-c1cc(-c2nnc(-c3ccccc3)o2)cc(-n2c3ccc(OC)cc3c3cc(OC)ccc32)c1. The Labute approximate surface area is 292 Å². The highest BCUT2D eigenvalue weighted by Gasteiger charge is 2.21. The largest absolute Gasteiger partial charge is 0.497 e. The molecule has 0 bridgehead atoms. The van der Waals surface area contributed by atoms with E-state index in [-0.39, 0.29) is 0 Å². The number of hydrogen-bond acceptors (Lipinski definition) is 7. The molecule has 0 aliphatic rings. The van der Waals surface area contributed by atoms with Gasteiger partial charge in [0, 0.05) is 44.0 Å². The molecular formula is C42H32N4O5. The highest BCUT2D eigenvalue weighted by molar-refractivity contribution is 6.11. The van der Waals surface area contributed by atoms with E-state index >= 15 is 0 Å². The van der Waals surface area contributed by atoms with E-state index < -0.39 is 0 Å². The molecule has 0 saturated carbocycles. The molecular weight excluding hydrogens is 640 g/mol. The molecule has 0 N–H and O–H groups in total. The number of methoxy groups -OCH3 is 4. The molecule has 0 fully saturated rings. The van der Waals surface area contributed by atoms with Gasteiger partial charge in [-0.2, -0.15) is 0 Å². The summed E-state index contributed by atoms with van der Waals surface area (Å²) >= 11 is 0. The molecule has 6 aromatic carbocycles. The van der Waals surface area contributed by atoms with Crippen LogP contribution in [0.4, 0.5) is 0 Å². The highest BCUT2D eigenvalue weighted by Crippen LogP contribution is 2.41. The van der Waals surface area contributed by atoms with Gasteiger partial charge in [0.25, 0.3) is 0 Å². The van der Waals surface area contributed by atoms with Crippen LogP contribution < -0.4 is 18.9 Å². The Hall–Kier alpha value is -6.74. The van der Waals surface area contributed by atoms with Gasteiger partial charge in [0.15, 0.2) is 0 Å². The zero-order chi connectivity index (χ0) is 34.6. The van der Waals surface area contributed by atoms with Crippen molar-refractivity contribution in [2.24, 2.45) is 0 Å². The molecule has 250 valence electrons. The van der Waals surface area contributed by atoms with Crippen LogP contribution in [0.25, 0.3) is 77.9 Å². The van der Waals surface area contributed by atoms with E-state index in [2.05, 4.69) is 86.1 Å². The predicted molar refractivity (Wildman–Crippen MR) is 200 cm³/mol. The van der Waals surface area contributed by atoms with Gasteiger partial charge >= 0.3 is 0 Å². The van der Waals surface area contributed by atoms with Gasteiger partial charge in [-0.25, -0.2) is 0 Å². The van der Waals surface area contributed by atoms with Crippen molar-refractivity contribution < 1.29 is 23.4 Å². The van der Waals surface area contributed by atoms with Gasteiger partial charge in [-0.15, -0.1) is 10.2 Å². The number of rotatable bonds is 8. The first-order valence-electron chi connectivity index (χ1n) is 16.4. The van der Waals surface area contributed by atoms with E-state index in [1.165, 1.54) is 0 Å². The van der Waals surface area contributed by atoms with Crippen molar-refractivity contribution in [3.05, 3.63) is 121 Å². The third-order valence-corrected chi connectivity index (χ3v) is 9.47. The maximum Gasteiger partial charge on any atom is 0.248 e.